The summed E-state index contributed by atoms with van der Waals surface area (Å²) in [5.41, 5.74) is 3.54. The Labute approximate surface area is 113 Å². The van der Waals surface area contributed by atoms with Gasteiger partial charge in [0.1, 0.15) is 5.82 Å². The number of hydrogen-bond acceptors (Lipinski definition) is 6. The minimum Gasteiger partial charge on any atom is -0.354 e. The van der Waals surface area contributed by atoms with Crippen molar-refractivity contribution in [2.24, 2.45) is 5.84 Å². The first kappa shape index (κ1) is 12.7. The van der Waals surface area contributed by atoms with Crippen LogP contribution < -0.4 is 16.2 Å². The van der Waals surface area contributed by atoms with Crippen LogP contribution in [0.15, 0.2) is 35.2 Å². The van der Waals surface area contributed by atoms with E-state index in [2.05, 4.69) is 36.3 Å². The number of hydrogen-bond donors (Lipinski definition) is 2. The molecule has 2 aromatic rings. The summed E-state index contributed by atoms with van der Waals surface area (Å²) < 4.78 is 0.813. The molecule has 0 atom stereocenters. The normalized spacial score (nSPS) is 10.2. The molecule has 2 heterocycles. The van der Waals surface area contributed by atoms with Crippen molar-refractivity contribution in [3.05, 3.63) is 40.8 Å². The van der Waals surface area contributed by atoms with Gasteiger partial charge < -0.3 is 4.90 Å². The lowest BCUT2D eigenvalue weighted by atomic mass is 10.3. The average molecular weight is 309 g/mol. The Morgan fingerprint density at radius 2 is 2.28 bits per heavy atom. The molecular weight excluding hydrogens is 296 g/mol. The summed E-state index contributed by atoms with van der Waals surface area (Å²) in [6.07, 6.45) is 5.24. The second-order valence-electron chi connectivity index (χ2n) is 3.73. The SMILES string of the molecule is CN(Cc1cccnc1)c1nc(NN)ncc1Br. The van der Waals surface area contributed by atoms with Crippen molar-refractivity contribution < 1.29 is 0 Å². The van der Waals surface area contributed by atoms with Gasteiger partial charge in [0.25, 0.3) is 0 Å². The first-order chi connectivity index (χ1) is 8.70. The van der Waals surface area contributed by atoms with Gasteiger partial charge in [-0.3, -0.25) is 10.4 Å². The predicted molar refractivity (Wildman–Crippen MR) is 73.9 cm³/mol. The van der Waals surface area contributed by atoms with Gasteiger partial charge in [-0.05, 0) is 27.6 Å². The van der Waals surface area contributed by atoms with E-state index in [1.807, 2.05) is 30.3 Å². The molecule has 0 radical (unpaired) electrons. The standard InChI is InChI=1S/C11H13BrN6/c1-18(7-8-3-2-4-14-5-8)10-9(12)6-15-11(16-10)17-13/h2-6H,7,13H2,1H3,(H,15,16,17). The smallest absolute Gasteiger partial charge is 0.239 e. The molecule has 0 aliphatic carbocycles. The Bertz CT molecular complexity index is 518. The van der Waals surface area contributed by atoms with Gasteiger partial charge in [-0.15, -0.1) is 0 Å². The number of anilines is 2. The maximum absolute atomic E-state index is 5.30. The Morgan fingerprint density at radius 1 is 1.44 bits per heavy atom. The summed E-state index contributed by atoms with van der Waals surface area (Å²) in [7, 11) is 1.94. The third-order valence-corrected chi connectivity index (χ3v) is 2.92. The van der Waals surface area contributed by atoms with Crippen LogP contribution in [0.2, 0.25) is 0 Å². The highest BCUT2D eigenvalue weighted by Crippen LogP contribution is 2.24. The molecule has 6 nitrogen and oxygen atoms in total. The number of nitrogen functional groups attached to an aromatic ring is 1. The maximum Gasteiger partial charge on any atom is 0.239 e. The lowest BCUT2D eigenvalue weighted by Crippen LogP contribution is -2.20. The fourth-order valence-electron chi connectivity index (χ4n) is 1.54. The van der Waals surface area contributed by atoms with Crippen LogP contribution in [-0.2, 0) is 6.54 Å². The van der Waals surface area contributed by atoms with E-state index in [9.17, 15) is 0 Å². The molecule has 0 bridgehead atoms. The quantitative estimate of drug-likeness (QED) is 0.659. The van der Waals surface area contributed by atoms with Crippen LogP contribution in [0.3, 0.4) is 0 Å². The molecule has 7 heteroatoms. The minimum atomic E-state index is 0.381. The molecule has 0 unspecified atom stereocenters. The fraction of sp³-hybridized carbons (Fsp3) is 0.182. The van der Waals surface area contributed by atoms with Crippen molar-refractivity contribution >= 4 is 27.7 Å². The average Bonchev–Trinajstić information content (AvgIpc) is 2.40. The van der Waals surface area contributed by atoms with Gasteiger partial charge in [0.15, 0.2) is 0 Å². The van der Waals surface area contributed by atoms with E-state index in [4.69, 9.17) is 5.84 Å². The monoisotopic (exact) mass is 308 g/mol. The number of nitrogens with one attached hydrogen (secondary N) is 1. The van der Waals surface area contributed by atoms with E-state index in [1.165, 1.54) is 0 Å². The van der Waals surface area contributed by atoms with Crippen LogP contribution in [-0.4, -0.2) is 22.0 Å². The molecule has 0 saturated heterocycles. The number of rotatable bonds is 4. The van der Waals surface area contributed by atoms with Gasteiger partial charge in [0.05, 0.1) is 4.47 Å². The molecule has 18 heavy (non-hydrogen) atoms. The van der Waals surface area contributed by atoms with E-state index in [0.717, 1.165) is 15.9 Å². The van der Waals surface area contributed by atoms with Gasteiger partial charge in [-0.25, -0.2) is 10.8 Å². The summed E-state index contributed by atoms with van der Waals surface area (Å²) in [6, 6.07) is 3.92. The second-order valence-corrected chi connectivity index (χ2v) is 4.58. The molecule has 2 rings (SSSR count). The third kappa shape index (κ3) is 2.93. The second kappa shape index (κ2) is 5.74. The zero-order valence-electron chi connectivity index (χ0n) is 9.84. The summed E-state index contributed by atoms with van der Waals surface area (Å²) in [5, 5.41) is 0. The zero-order chi connectivity index (χ0) is 13.0. The fourth-order valence-corrected chi connectivity index (χ4v) is 2.03. The number of nitrogens with two attached hydrogens (primary N) is 1. The molecule has 0 aromatic carbocycles. The zero-order valence-corrected chi connectivity index (χ0v) is 11.4. The molecule has 0 saturated carbocycles. The van der Waals surface area contributed by atoms with E-state index in [-0.39, 0.29) is 0 Å². The topological polar surface area (TPSA) is 80.0 Å². The van der Waals surface area contributed by atoms with Crippen molar-refractivity contribution in [1.82, 2.24) is 15.0 Å². The molecule has 0 amide bonds. The number of hydrazine groups is 1. The Hall–Kier alpha value is -1.73. The van der Waals surface area contributed by atoms with Crippen LogP contribution in [0.25, 0.3) is 0 Å². The highest BCUT2D eigenvalue weighted by Gasteiger charge is 2.10. The first-order valence-corrected chi connectivity index (χ1v) is 6.09. The molecule has 2 aromatic heterocycles. The van der Waals surface area contributed by atoms with Crippen LogP contribution >= 0.6 is 15.9 Å². The van der Waals surface area contributed by atoms with Crippen molar-refractivity contribution in [1.29, 1.82) is 0 Å². The largest absolute Gasteiger partial charge is 0.354 e. The molecule has 3 N–H and O–H groups in total. The van der Waals surface area contributed by atoms with Crippen LogP contribution in [0.4, 0.5) is 11.8 Å². The number of halogens is 1. The summed E-state index contributed by atoms with van der Waals surface area (Å²) in [4.78, 5) is 14.4. The van der Waals surface area contributed by atoms with Crippen molar-refractivity contribution in [3.8, 4) is 0 Å². The van der Waals surface area contributed by atoms with Gasteiger partial charge in [-0.1, -0.05) is 6.07 Å². The van der Waals surface area contributed by atoms with Crippen molar-refractivity contribution in [2.45, 2.75) is 6.54 Å². The van der Waals surface area contributed by atoms with Crippen molar-refractivity contribution in [3.63, 3.8) is 0 Å². The Balaban J connectivity index is 2.20. The molecule has 0 fully saturated rings. The minimum absolute atomic E-state index is 0.381. The van der Waals surface area contributed by atoms with E-state index in [1.54, 1.807) is 12.4 Å². The maximum atomic E-state index is 5.30. The highest BCUT2D eigenvalue weighted by molar-refractivity contribution is 9.10. The lowest BCUT2D eigenvalue weighted by Gasteiger charge is -2.19. The molecule has 0 aliphatic heterocycles. The van der Waals surface area contributed by atoms with E-state index in [0.29, 0.717) is 12.5 Å². The summed E-state index contributed by atoms with van der Waals surface area (Å²) in [6.45, 7) is 0.702. The molecule has 0 spiro atoms. The number of nitrogens with zero attached hydrogens (tertiary/aromatic N) is 4. The lowest BCUT2D eigenvalue weighted by molar-refractivity contribution is 0.880. The third-order valence-electron chi connectivity index (χ3n) is 2.36. The first-order valence-electron chi connectivity index (χ1n) is 5.30. The van der Waals surface area contributed by atoms with Gasteiger partial charge in [-0.2, -0.15) is 4.98 Å². The number of aromatic nitrogens is 3. The molecular formula is C11H13BrN6. The van der Waals surface area contributed by atoms with Gasteiger partial charge >= 0.3 is 0 Å². The van der Waals surface area contributed by atoms with Gasteiger partial charge in [0.2, 0.25) is 5.95 Å². The van der Waals surface area contributed by atoms with E-state index >= 15 is 0 Å². The van der Waals surface area contributed by atoms with Crippen LogP contribution in [0.1, 0.15) is 5.56 Å². The van der Waals surface area contributed by atoms with Gasteiger partial charge in [0, 0.05) is 32.2 Å². The van der Waals surface area contributed by atoms with Crippen molar-refractivity contribution in [2.75, 3.05) is 17.4 Å². The van der Waals surface area contributed by atoms with Crippen LogP contribution in [0, 0.1) is 0 Å². The van der Waals surface area contributed by atoms with E-state index < -0.39 is 0 Å². The molecule has 0 aliphatic rings. The van der Waals surface area contributed by atoms with Crippen LogP contribution in [0.5, 0.6) is 0 Å². The number of pyridine rings is 1. The Kier molecular flexibility index (Phi) is 4.06. The highest BCUT2D eigenvalue weighted by atomic mass is 79.9. The summed E-state index contributed by atoms with van der Waals surface area (Å²) >= 11 is 3.42. The summed E-state index contributed by atoms with van der Waals surface area (Å²) in [5.74, 6) is 6.45. The Morgan fingerprint density at radius 3 is 2.94 bits per heavy atom. The molecule has 94 valence electrons. The predicted octanol–water partition coefficient (Wildman–Crippen LogP) is 1.56.